The lowest BCUT2D eigenvalue weighted by Gasteiger charge is -2.24. The number of fused-ring (bicyclic) bond motifs is 1. The lowest BCUT2D eigenvalue weighted by molar-refractivity contribution is -0.384. The van der Waals surface area contributed by atoms with Gasteiger partial charge in [-0.15, -0.1) is 0 Å². The Morgan fingerprint density at radius 3 is 2.83 bits per heavy atom. The first kappa shape index (κ1) is 15.7. The summed E-state index contributed by atoms with van der Waals surface area (Å²) in [5.41, 5.74) is 2.16. The molecule has 1 atom stereocenters. The second-order valence-corrected chi connectivity index (χ2v) is 6.51. The van der Waals surface area contributed by atoms with Crippen molar-refractivity contribution in [1.82, 2.24) is 14.3 Å². The van der Waals surface area contributed by atoms with Crippen LogP contribution in [0.5, 0.6) is 0 Å². The van der Waals surface area contributed by atoms with Gasteiger partial charge in [0, 0.05) is 29.9 Å². The Hall–Kier alpha value is -2.22. The fourth-order valence-electron chi connectivity index (χ4n) is 2.96. The van der Waals surface area contributed by atoms with Crippen molar-refractivity contribution < 1.29 is 4.92 Å². The Kier molecular flexibility index (Phi) is 3.93. The fraction of sp³-hybridized carbons (Fsp3) is 0.467. The number of rotatable bonds is 4. The molecular formula is C15H19N5O2S. The van der Waals surface area contributed by atoms with E-state index in [1.807, 2.05) is 10.6 Å². The van der Waals surface area contributed by atoms with Gasteiger partial charge in [0.1, 0.15) is 13.0 Å². The first-order valence-electron chi connectivity index (χ1n) is 7.56. The van der Waals surface area contributed by atoms with Crippen LogP contribution in [-0.2, 0) is 13.1 Å². The minimum Gasteiger partial charge on any atom is -0.349 e. The minimum atomic E-state index is -0.353. The summed E-state index contributed by atoms with van der Waals surface area (Å²) in [5, 5.41) is 15.3. The molecule has 0 radical (unpaired) electrons. The monoisotopic (exact) mass is 333 g/mol. The van der Waals surface area contributed by atoms with Gasteiger partial charge in [-0.2, -0.15) is 5.10 Å². The average Bonchev–Trinajstić information content (AvgIpc) is 3.00. The van der Waals surface area contributed by atoms with E-state index in [4.69, 9.17) is 12.2 Å². The van der Waals surface area contributed by atoms with Gasteiger partial charge in [0.15, 0.2) is 4.77 Å². The zero-order valence-electron chi connectivity index (χ0n) is 13.3. The van der Waals surface area contributed by atoms with Crippen molar-refractivity contribution in [1.29, 1.82) is 0 Å². The average molecular weight is 333 g/mol. The molecule has 0 aliphatic carbocycles. The first-order valence-corrected chi connectivity index (χ1v) is 7.97. The van der Waals surface area contributed by atoms with Gasteiger partial charge in [0.25, 0.3) is 5.69 Å². The number of aromatic nitrogens is 3. The third-order valence-electron chi connectivity index (χ3n) is 4.23. The molecule has 0 fully saturated rings. The number of hydrogen-bond donors (Lipinski definition) is 0. The van der Waals surface area contributed by atoms with Crippen molar-refractivity contribution in [2.75, 3.05) is 4.90 Å². The van der Waals surface area contributed by atoms with E-state index in [2.05, 4.69) is 30.8 Å². The molecule has 0 saturated carbocycles. The van der Waals surface area contributed by atoms with Crippen molar-refractivity contribution in [2.45, 2.75) is 45.9 Å². The molecule has 122 valence electrons. The Bertz CT molecular complexity index is 810. The molecule has 1 aliphatic heterocycles. The Morgan fingerprint density at radius 1 is 1.48 bits per heavy atom. The van der Waals surface area contributed by atoms with Crippen molar-refractivity contribution in [3.8, 4) is 0 Å². The van der Waals surface area contributed by atoms with E-state index in [0.29, 0.717) is 11.4 Å². The van der Waals surface area contributed by atoms with Crippen LogP contribution in [0.2, 0.25) is 0 Å². The van der Waals surface area contributed by atoms with E-state index in [1.165, 1.54) is 0 Å². The third-order valence-corrected chi connectivity index (χ3v) is 4.65. The van der Waals surface area contributed by atoms with Gasteiger partial charge in [-0.05, 0) is 51.0 Å². The quantitative estimate of drug-likeness (QED) is 0.488. The molecule has 23 heavy (non-hydrogen) atoms. The summed E-state index contributed by atoms with van der Waals surface area (Å²) in [6, 6.07) is 5.55. The number of non-ortho nitro benzene ring substituents is 1. The molecule has 1 aromatic carbocycles. The normalized spacial score (nSPS) is 16.9. The Balaban J connectivity index is 1.91. The number of anilines is 1. The van der Waals surface area contributed by atoms with Gasteiger partial charge in [-0.25, -0.2) is 4.68 Å². The molecule has 0 spiro atoms. The van der Waals surface area contributed by atoms with E-state index in [1.54, 1.807) is 23.1 Å². The maximum Gasteiger partial charge on any atom is 0.269 e. The van der Waals surface area contributed by atoms with Gasteiger partial charge in [-0.1, -0.05) is 0 Å². The van der Waals surface area contributed by atoms with E-state index < -0.39 is 0 Å². The second-order valence-electron chi connectivity index (χ2n) is 6.15. The number of nitro groups is 1. The van der Waals surface area contributed by atoms with Gasteiger partial charge in [0.05, 0.1) is 4.92 Å². The molecule has 3 rings (SSSR count). The highest BCUT2D eigenvalue weighted by molar-refractivity contribution is 7.71. The highest BCUT2D eigenvalue weighted by atomic mass is 32.1. The smallest absolute Gasteiger partial charge is 0.269 e. The highest BCUT2D eigenvalue weighted by Crippen LogP contribution is 2.34. The lowest BCUT2D eigenvalue weighted by Crippen LogP contribution is -2.32. The molecule has 2 heterocycles. The standard InChI is InChI=1S/C15H19N5O2S/c1-10(2)17-8-16-19(15(17)23)9-18-11(3)6-12-7-13(20(21)22)4-5-14(12)18/h4-5,7-8,10-11H,6,9H2,1-3H3/t11-/m0/s1. The Morgan fingerprint density at radius 2 is 2.22 bits per heavy atom. The van der Waals surface area contributed by atoms with Crippen LogP contribution in [0.3, 0.4) is 0 Å². The highest BCUT2D eigenvalue weighted by Gasteiger charge is 2.28. The van der Waals surface area contributed by atoms with Crippen LogP contribution in [0, 0.1) is 14.9 Å². The SMILES string of the molecule is CC(C)n1cnn(CN2c3ccc([N+](=O)[O-])cc3C[C@@H]2C)c1=S. The summed E-state index contributed by atoms with van der Waals surface area (Å²) in [4.78, 5) is 12.8. The molecule has 2 aromatic rings. The van der Waals surface area contributed by atoms with Gasteiger partial charge in [-0.3, -0.25) is 10.1 Å². The zero-order chi connectivity index (χ0) is 16.7. The van der Waals surface area contributed by atoms with Gasteiger partial charge in [0.2, 0.25) is 0 Å². The van der Waals surface area contributed by atoms with E-state index in [9.17, 15) is 10.1 Å². The van der Waals surface area contributed by atoms with E-state index in [0.717, 1.165) is 17.7 Å². The van der Waals surface area contributed by atoms with Crippen LogP contribution in [0.1, 0.15) is 32.4 Å². The summed E-state index contributed by atoms with van der Waals surface area (Å²) >= 11 is 5.48. The van der Waals surface area contributed by atoms with Gasteiger partial charge >= 0.3 is 0 Å². The van der Waals surface area contributed by atoms with Crippen LogP contribution in [-0.4, -0.2) is 25.3 Å². The van der Waals surface area contributed by atoms with Crippen molar-refractivity contribution in [3.63, 3.8) is 0 Å². The summed E-state index contributed by atoms with van der Waals surface area (Å²) < 4.78 is 4.43. The summed E-state index contributed by atoms with van der Waals surface area (Å²) in [6.07, 6.45) is 2.54. The van der Waals surface area contributed by atoms with E-state index in [-0.39, 0.29) is 22.7 Å². The maximum atomic E-state index is 10.9. The van der Waals surface area contributed by atoms with Crippen molar-refractivity contribution in [2.24, 2.45) is 0 Å². The van der Waals surface area contributed by atoms with Crippen LogP contribution in [0.15, 0.2) is 24.5 Å². The number of benzene rings is 1. The Labute approximate surface area is 139 Å². The summed E-state index contributed by atoms with van der Waals surface area (Å²) in [7, 11) is 0. The predicted molar refractivity (Wildman–Crippen MR) is 90.2 cm³/mol. The largest absolute Gasteiger partial charge is 0.349 e. The van der Waals surface area contributed by atoms with Crippen molar-refractivity contribution in [3.05, 3.63) is 45.0 Å². The van der Waals surface area contributed by atoms with Crippen molar-refractivity contribution >= 4 is 23.6 Å². The number of nitrogens with zero attached hydrogens (tertiary/aromatic N) is 5. The fourth-order valence-corrected chi connectivity index (χ4v) is 3.32. The van der Waals surface area contributed by atoms with Crippen LogP contribution >= 0.6 is 12.2 Å². The zero-order valence-corrected chi connectivity index (χ0v) is 14.2. The molecule has 8 heteroatoms. The van der Waals surface area contributed by atoms with Crippen LogP contribution in [0.4, 0.5) is 11.4 Å². The molecule has 0 N–H and O–H groups in total. The molecule has 1 aliphatic rings. The first-order chi connectivity index (χ1) is 10.9. The molecule has 0 bridgehead atoms. The van der Waals surface area contributed by atoms with E-state index >= 15 is 0 Å². The molecule has 0 amide bonds. The number of nitro benzene ring substituents is 1. The maximum absolute atomic E-state index is 10.9. The topological polar surface area (TPSA) is 69.1 Å². The van der Waals surface area contributed by atoms with Crippen LogP contribution < -0.4 is 4.90 Å². The summed E-state index contributed by atoms with van der Waals surface area (Å²) in [6.45, 7) is 6.78. The molecular weight excluding hydrogens is 314 g/mol. The predicted octanol–water partition coefficient (Wildman–Crippen LogP) is 3.31. The second kappa shape index (κ2) is 5.77. The minimum absolute atomic E-state index is 0.137. The van der Waals surface area contributed by atoms with Crippen LogP contribution in [0.25, 0.3) is 0 Å². The molecule has 0 saturated heterocycles. The lowest BCUT2D eigenvalue weighted by atomic mass is 10.1. The summed E-state index contributed by atoms with van der Waals surface area (Å²) in [5.74, 6) is 0. The number of hydrogen-bond acceptors (Lipinski definition) is 5. The molecule has 1 aromatic heterocycles. The van der Waals surface area contributed by atoms with Gasteiger partial charge < -0.3 is 9.47 Å². The molecule has 7 nitrogen and oxygen atoms in total. The third kappa shape index (κ3) is 2.74. The molecule has 0 unspecified atom stereocenters.